The van der Waals surface area contributed by atoms with E-state index in [1.165, 1.54) is 0 Å². The number of hydrogen-bond donors (Lipinski definition) is 1. The van der Waals surface area contributed by atoms with E-state index >= 15 is 0 Å². The standard InChI is InChI=1S/C13H12N2O/c14-9-10-4-6-11(7-5-10)15-12-2-1-3-13(16)8-12/h4-8,15H,1-3H2. The molecule has 0 spiro atoms. The van der Waals surface area contributed by atoms with Gasteiger partial charge in [0.2, 0.25) is 0 Å². The Hall–Kier alpha value is -2.08. The maximum absolute atomic E-state index is 11.2. The van der Waals surface area contributed by atoms with Crippen LogP contribution in [-0.4, -0.2) is 5.78 Å². The zero-order valence-electron chi connectivity index (χ0n) is 8.86. The van der Waals surface area contributed by atoms with Gasteiger partial charge in [-0.05, 0) is 37.1 Å². The van der Waals surface area contributed by atoms with Crippen LogP contribution in [0, 0.1) is 11.3 Å². The summed E-state index contributed by atoms with van der Waals surface area (Å²) in [5.41, 5.74) is 2.51. The van der Waals surface area contributed by atoms with Gasteiger partial charge in [0.05, 0.1) is 11.6 Å². The highest BCUT2D eigenvalue weighted by Gasteiger charge is 2.09. The van der Waals surface area contributed by atoms with Crippen molar-refractivity contribution >= 4 is 11.5 Å². The van der Waals surface area contributed by atoms with Gasteiger partial charge in [-0.25, -0.2) is 0 Å². The molecule has 1 aromatic rings. The number of benzene rings is 1. The predicted octanol–water partition coefficient (Wildman–Crippen LogP) is 2.61. The van der Waals surface area contributed by atoms with Crippen LogP contribution in [-0.2, 0) is 4.79 Å². The van der Waals surface area contributed by atoms with Gasteiger partial charge in [0.1, 0.15) is 0 Å². The van der Waals surface area contributed by atoms with Gasteiger partial charge in [-0.1, -0.05) is 0 Å². The van der Waals surface area contributed by atoms with Gasteiger partial charge in [0.15, 0.2) is 5.78 Å². The largest absolute Gasteiger partial charge is 0.359 e. The van der Waals surface area contributed by atoms with E-state index < -0.39 is 0 Å². The molecule has 0 aliphatic heterocycles. The summed E-state index contributed by atoms with van der Waals surface area (Å²) >= 11 is 0. The molecule has 2 rings (SSSR count). The molecule has 1 aliphatic carbocycles. The highest BCUT2D eigenvalue weighted by atomic mass is 16.1. The van der Waals surface area contributed by atoms with Gasteiger partial charge in [-0.3, -0.25) is 4.79 Å². The number of anilines is 1. The van der Waals surface area contributed by atoms with Crippen molar-refractivity contribution in [2.24, 2.45) is 0 Å². The molecule has 3 nitrogen and oxygen atoms in total. The molecule has 0 atom stereocenters. The molecule has 1 N–H and O–H groups in total. The lowest BCUT2D eigenvalue weighted by molar-refractivity contribution is -0.115. The zero-order valence-corrected chi connectivity index (χ0v) is 8.86. The predicted molar refractivity (Wildman–Crippen MR) is 61.7 cm³/mol. The minimum Gasteiger partial charge on any atom is -0.359 e. The molecular weight excluding hydrogens is 200 g/mol. The van der Waals surface area contributed by atoms with Crippen LogP contribution in [0.25, 0.3) is 0 Å². The van der Waals surface area contributed by atoms with E-state index in [9.17, 15) is 4.79 Å². The number of nitriles is 1. The van der Waals surface area contributed by atoms with E-state index in [0.29, 0.717) is 12.0 Å². The number of rotatable bonds is 2. The molecule has 0 bridgehead atoms. The molecule has 1 aliphatic rings. The first-order valence-electron chi connectivity index (χ1n) is 5.28. The van der Waals surface area contributed by atoms with Crippen molar-refractivity contribution in [2.45, 2.75) is 19.3 Å². The Kier molecular flexibility index (Phi) is 3.02. The molecule has 0 fully saturated rings. The first-order chi connectivity index (χ1) is 7.78. The van der Waals surface area contributed by atoms with Crippen molar-refractivity contribution in [3.63, 3.8) is 0 Å². The lowest BCUT2D eigenvalue weighted by Gasteiger charge is -2.14. The van der Waals surface area contributed by atoms with Gasteiger partial charge < -0.3 is 5.32 Å². The van der Waals surface area contributed by atoms with Gasteiger partial charge in [0.25, 0.3) is 0 Å². The fourth-order valence-electron chi connectivity index (χ4n) is 1.70. The quantitative estimate of drug-likeness (QED) is 0.819. The van der Waals surface area contributed by atoms with E-state index in [0.717, 1.165) is 24.2 Å². The van der Waals surface area contributed by atoms with Crippen LogP contribution in [0.4, 0.5) is 5.69 Å². The summed E-state index contributed by atoms with van der Waals surface area (Å²) in [6.45, 7) is 0. The Bertz CT molecular complexity index is 466. The minimum atomic E-state index is 0.183. The monoisotopic (exact) mass is 212 g/mol. The normalized spacial score (nSPS) is 15.2. The first kappa shape index (κ1) is 10.4. The maximum Gasteiger partial charge on any atom is 0.157 e. The number of allylic oxidation sites excluding steroid dienone is 2. The van der Waals surface area contributed by atoms with Crippen LogP contribution in [0.2, 0.25) is 0 Å². The van der Waals surface area contributed by atoms with E-state index in [4.69, 9.17) is 5.26 Å². The highest BCUT2D eigenvalue weighted by molar-refractivity contribution is 5.91. The zero-order chi connectivity index (χ0) is 11.4. The minimum absolute atomic E-state index is 0.183. The molecule has 0 radical (unpaired) electrons. The average Bonchev–Trinajstić information content (AvgIpc) is 2.30. The second-order valence-corrected chi connectivity index (χ2v) is 3.80. The summed E-state index contributed by atoms with van der Waals surface area (Å²) in [4.78, 5) is 11.2. The SMILES string of the molecule is N#Cc1ccc(NC2=CC(=O)CCC2)cc1. The topological polar surface area (TPSA) is 52.9 Å². The molecule has 0 unspecified atom stereocenters. The molecule has 80 valence electrons. The van der Waals surface area contributed by atoms with Crippen LogP contribution in [0.5, 0.6) is 0 Å². The molecule has 0 amide bonds. The summed E-state index contributed by atoms with van der Waals surface area (Å²) in [5, 5.41) is 11.9. The Morgan fingerprint density at radius 2 is 1.94 bits per heavy atom. The van der Waals surface area contributed by atoms with Gasteiger partial charge >= 0.3 is 0 Å². The third-order valence-electron chi connectivity index (χ3n) is 2.52. The van der Waals surface area contributed by atoms with Crippen LogP contribution < -0.4 is 5.32 Å². The third kappa shape index (κ3) is 2.48. The molecule has 0 saturated carbocycles. The smallest absolute Gasteiger partial charge is 0.157 e. The summed E-state index contributed by atoms with van der Waals surface area (Å²) in [7, 11) is 0. The molecule has 0 heterocycles. The van der Waals surface area contributed by atoms with Crippen LogP contribution in [0.15, 0.2) is 36.0 Å². The Morgan fingerprint density at radius 1 is 1.19 bits per heavy atom. The van der Waals surface area contributed by atoms with Crippen molar-refractivity contribution < 1.29 is 4.79 Å². The van der Waals surface area contributed by atoms with Gasteiger partial charge in [-0.15, -0.1) is 0 Å². The summed E-state index contributed by atoms with van der Waals surface area (Å²) in [5.74, 6) is 0.183. The van der Waals surface area contributed by atoms with Crippen LogP contribution in [0.1, 0.15) is 24.8 Å². The number of nitrogens with one attached hydrogen (secondary N) is 1. The lowest BCUT2D eigenvalue weighted by Crippen LogP contribution is -2.08. The second-order valence-electron chi connectivity index (χ2n) is 3.80. The van der Waals surface area contributed by atoms with Crippen molar-refractivity contribution in [3.8, 4) is 6.07 Å². The average molecular weight is 212 g/mol. The lowest BCUT2D eigenvalue weighted by atomic mass is 10.0. The van der Waals surface area contributed by atoms with Crippen LogP contribution in [0.3, 0.4) is 0 Å². The van der Waals surface area contributed by atoms with Crippen LogP contribution >= 0.6 is 0 Å². The fraction of sp³-hybridized carbons (Fsp3) is 0.231. The molecule has 0 aromatic heterocycles. The van der Waals surface area contributed by atoms with Crippen molar-refractivity contribution in [1.29, 1.82) is 5.26 Å². The molecule has 16 heavy (non-hydrogen) atoms. The number of carbonyl (C=O) groups is 1. The van der Waals surface area contributed by atoms with Gasteiger partial charge in [-0.2, -0.15) is 5.26 Å². The number of ketones is 1. The summed E-state index contributed by atoms with van der Waals surface area (Å²) in [6, 6.07) is 9.27. The maximum atomic E-state index is 11.2. The Morgan fingerprint density at radius 3 is 2.56 bits per heavy atom. The molecular formula is C13H12N2O. The Balaban J connectivity index is 2.09. The number of carbonyl (C=O) groups excluding carboxylic acids is 1. The van der Waals surface area contributed by atoms with Crippen molar-refractivity contribution in [1.82, 2.24) is 0 Å². The summed E-state index contributed by atoms with van der Waals surface area (Å²) in [6.07, 6.45) is 4.14. The fourth-order valence-corrected chi connectivity index (χ4v) is 1.70. The van der Waals surface area contributed by atoms with E-state index in [2.05, 4.69) is 11.4 Å². The number of hydrogen-bond acceptors (Lipinski definition) is 3. The van der Waals surface area contributed by atoms with E-state index in [1.807, 2.05) is 12.1 Å². The molecule has 1 aromatic carbocycles. The van der Waals surface area contributed by atoms with E-state index in [-0.39, 0.29) is 5.78 Å². The molecule has 3 heteroatoms. The highest BCUT2D eigenvalue weighted by Crippen LogP contribution is 2.18. The summed E-state index contributed by atoms with van der Waals surface area (Å²) < 4.78 is 0. The first-order valence-corrected chi connectivity index (χ1v) is 5.28. The number of nitrogens with zero attached hydrogens (tertiary/aromatic N) is 1. The third-order valence-corrected chi connectivity index (χ3v) is 2.52. The van der Waals surface area contributed by atoms with Crippen molar-refractivity contribution in [3.05, 3.63) is 41.6 Å². The van der Waals surface area contributed by atoms with E-state index in [1.54, 1.807) is 18.2 Å². The van der Waals surface area contributed by atoms with Gasteiger partial charge in [0, 0.05) is 23.9 Å². The Labute approximate surface area is 94.4 Å². The molecule has 0 saturated heterocycles. The van der Waals surface area contributed by atoms with Crippen molar-refractivity contribution in [2.75, 3.05) is 5.32 Å². The second kappa shape index (κ2) is 4.63.